The summed E-state index contributed by atoms with van der Waals surface area (Å²) in [6.45, 7) is 2.25. The van der Waals surface area contributed by atoms with Gasteiger partial charge in [-0.3, -0.25) is 9.59 Å². The Bertz CT molecular complexity index is 708. The Hall–Kier alpha value is -2.21. The van der Waals surface area contributed by atoms with E-state index >= 15 is 0 Å². The molecule has 5 nitrogen and oxygen atoms in total. The summed E-state index contributed by atoms with van der Waals surface area (Å²) in [5.41, 5.74) is 7.32. The molecule has 1 aliphatic rings. The summed E-state index contributed by atoms with van der Waals surface area (Å²) in [4.78, 5) is 27.2. The van der Waals surface area contributed by atoms with Gasteiger partial charge in [0.1, 0.15) is 11.6 Å². The van der Waals surface area contributed by atoms with E-state index in [4.69, 9.17) is 10.5 Å². The zero-order valence-electron chi connectivity index (χ0n) is 12.1. The van der Waals surface area contributed by atoms with Gasteiger partial charge in [-0.25, -0.2) is 4.98 Å². The van der Waals surface area contributed by atoms with E-state index in [9.17, 15) is 9.59 Å². The molecule has 22 heavy (non-hydrogen) atoms. The lowest BCUT2D eigenvalue weighted by atomic mass is 10.1. The normalized spacial score (nSPS) is 19.7. The first-order chi connectivity index (χ1) is 10.5. The van der Waals surface area contributed by atoms with E-state index in [0.717, 1.165) is 22.7 Å². The second-order valence-electron chi connectivity index (χ2n) is 5.51. The fourth-order valence-electron chi connectivity index (χ4n) is 2.19. The molecule has 1 aromatic heterocycles. The molecule has 0 spiro atoms. The summed E-state index contributed by atoms with van der Waals surface area (Å²) in [5, 5.41) is 2.70. The molecule has 0 aliphatic heterocycles. The monoisotopic (exact) mass is 316 g/mol. The van der Waals surface area contributed by atoms with Crippen LogP contribution in [0.3, 0.4) is 0 Å². The third kappa shape index (κ3) is 3.17. The van der Waals surface area contributed by atoms with Gasteiger partial charge in [-0.2, -0.15) is 0 Å². The number of primary amides is 1. The zero-order valence-corrected chi connectivity index (χ0v) is 12.9. The van der Waals surface area contributed by atoms with Crippen molar-refractivity contribution in [3.05, 3.63) is 40.9 Å². The molecule has 1 aliphatic carbocycles. The van der Waals surface area contributed by atoms with Crippen LogP contribution in [-0.4, -0.2) is 16.9 Å². The van der Waals surface area contributed by atoms with Gasteiger partial charge >= 0.3 is 5.97 Å². The molecule has 2 aromatic rings. The molecule has 0 unspecified atom stereocenters. The summed E-state index contributed by atoms with van der Waals surface area (Å²) < 4.78 is 5.27. The fourth-order valence-corrected chi connectivity index (χ4v) is 3.00. The van der Waals surface area contributed by atoms with E-state index in [-0.39, 0.29) is 18.5 Å². The first-order valence-corrected chi connectivity index (χ1v) is 7.94. The Labute approximate surface area is 132 Å². The highest BCUT2D eigenvalue weighted by molar-refractivity contribution is 7.13. The minimum atomic E-state index is -0.451. The molecule has 1 heterocycles. The predicted molar refractivity (Wildman–Crippen MR) is 83.1 cm³/mol. The molecule has 1 amide bonds. The molecular weight excluding hydrogens is 300 g/mol. The molecule has 2 atom stereocenters. The number of nitrogens with zero attached hydrogens (tertiary/aromatic N) is 1. The number of hydrogen-bond donors (Lipinski definition) is 1. The first kappa shape index (κ1) is 14.7. The van der Waals surface area contributed by atoms with Crippen LogP contribution in [0.25, 0.3) is 10.6 Å². The fraction of sp³-hybridized carbons (Fsp3) is 0.312. The maximum absolute atomic E-state index is 11.7. The third-order valence-corrected chi connectivity index (χ3v) is 4.68. The summed E-state index contributed by atoms with van der Waals surface area (Å²) in [5.74, 6) is -0.0674. The second-order valence-corrected chi connectivity index (χ2v) is 6.37. The summed E-state index contributed by atoms with van der Waals surface area (Å²) in [7, 11) is 0. The van der Waals surface area contributed by atoms with Gasteiger partial charge in [-0.15, -0.1) is 11.3 Å². The van der Waals surface area contributed by atoms with E-state index in [1.54, 1.807) is 24.3 Å². The largest absolute Gasteiger partial charge is 0.459 e. The maximum Gasteiger partial charge on any atom is 0.309 e. The van der Waals surface area contributed by atoms with Crippen molar-refractivity contribution in [3.8, 4) is 10.6 Å². The van der Waals surface area contributed by atoms with Gasteiger partial charge < -0.3 is 10.5 Å². The smallest absolute Gasteiger partial charge is 0.309 e. The number of amides is 1. The van der Waals surface area contributed by atoms with E-state index in [2.05, 4.69) is 4.98 Å². The topological polar surface area (TPSA) is 82.3 Å². The van der Waals surface area contributed by atoms with Crippen molar-refractivity contribution >= 4 is 23.2 Å². The van der Waals surface area contributed by atoms with Crippen LogP contribution >= 0.6 is 11.3 Å². The number of nitrogens with two attached hydrogens (primary N) is 1. The molecular formula is C16H16N2O3S. The molecule has 1 saturated carbocycles. The van der Waals surface area contributed by atoms with Crippen molar-refractivity contribution in [2.45, 2.75) is 20.0 Å². The van der Waals surface area contributed by atoms with Gasteiger partial charge in [-0.1, -0.05) is 19.1 Å². The Morgan fingerprint density at radius 3 is 2.64 bits per heavy atom. The summed E-state index contributed by atoms with van der Waals surface area (Å²) in [6, 6.07) is 6.96. The summed E-state index contributed by atoms with van der Waals surface area (Å²) >= 11 is 1.47. The second kappa shape index (κ2) is 5.88. The molecule has 1 aromatic carbocycles. The van der Waals surface area contributed by atoms with Crippen molar-refractivity contribution in [1.29, 1.82) is 0 Å². The number of benzene rings is 1. The molecule has 0 saturated heterocycles. The van der Waals surface area contributed by atoms with Crippen LogP contribution in [0.15, 0.2) is 29.6 Å². The highest BCUT2D eigenvalue weighted by atomic mass is 32.1. The van der Waals surface area contributed by atoms with Crippen LogP contribution < -0.4 is 5.73 Å². The number of rotatable bonds is 5. The Morgan fingerprint density at radius 1 is 1.36 bits per heavy atom. The van der Waals surface area contributed by atoms with Gasteiger partial charge in [0.15, 0.2) is 0 Å². The SMILES string of the molecule is C[C@@H]1C[C@H]1C(=O)OCc1csc(-c2ccc(C(N)=O)cc2)n1. The zero-order chi connectivity index (χ0) is 15.7. The van der Waals surface area contributed by atoms with Gasteiger partial charge in [0.2, 0.25) is 5.91 Å². The highest BCUT2D eigenvalue weighted by Gasteiger charge is 2.40. The van der Waals surface area contributed by atoms with Crippen LogP contribution in [0.1, 0.15) is 29.4 Å². The lowest BCUT2D eigenvalue weighted by Gasteiger charge is -2.01. The van der Waals surface area contributed by atoms with Gasteiger partial charge in [0, 0.05) is 16.5 Å². The van der Waals surface area contributed by atoms with Gasteiger partial charge in [-0.05, 0) is 24.5 Å². The predicted octanol–water partition coefficient (Wildman–Crippen LogP) is 2.61. The maximum atomic E-state index is 11.7. The third-order valence-electron chi connectivity index (χ3n) is 3.74. The molecule has 0 radical (unpaired) electrons. The van der Waals surface area contributed by atoms with Crippen molar-refractivity contribution in [2.75, 3.05) is 0 Å². The van der Waals surface area contributed by atoms with Crippen LogP contribution in [-0.2, 0) is 16.1 Å². The van der Waals surface area contributed by atoms with E-state index in [0.29, 0.717) is 11.5 Å². The number of hydrogen-bond acceptors (Lipinski definition) is 5. The van der Waals surface area contributed by atoms with Crippen LogP contribution in [0, 0.1) is 11.8 Å². The van der Waals surface area contributed by atoms with E-state index in [1.165, 1.54) is 11.3 Å². The average Bonchev–Trinajstić information content (AvgIpc) is 3.06. The summed E-state index contributed by atoms with van der Waals surface area (Å²) in [6.07, 6.45) is 0.924. The molecule has 3 rings (SSSR count). The molecule has 1 fully saturated rings. The lowest BCUT2D eigenvalue weighted by Crippen LogP contribution is -2.10. The number of carbonyl (C=O) groups is 2. The van der Waals surface area contributed by atoms with Crippen molar-refractivity contribution in [3.63, 3.8) is 0 Å². The molecule has 0 bridgehead atoms. The number of ether oxygens (including phenoxy) is 1. The number of esters is 1. The van der Waals surface area contributed by atoms with Gasteiger partial charge in [0.25, 0.3) is 0 Å². The Kier molecular flexibility index (Phi) is 3.94. The minimum Gasteiger partial charge on any atom is -0.459 e. The molecule has 2 N–H and O–H groups in total. The van der Waals surface area contributed by atoms with Crippen LogP contribution in [0.4, 0.5) is 0 Å². The van der Waals surface area contributed by atoms with E-state index in [1.807, 2.05) is 12.3 Å². The van der Waals surface area contributed by atoms with Crippen molar-refractivity contribution < 1.29 is 14.3 Å². The quantitative estimate of drug-likeness (QED) is 0.860. The van der Waals surface area contributed by atoms with Crippen molar-refractivity contribution in [1.82, 2.24) is 4.98 Å². The van der Waals surface area contributed by atoms with E-state index < -0.39 is 5.91 Å². The molecule has 6 heteroatoms. The van der Waals surface area contributed by atoms with Crippen LogP contribution in [0.2, 0.25) is 0 Å². The highest BCUT2D eigenvalue weighted by Crippen LogP contribution is 2.38. The Morgan fingerprint density at radius 2 is 2.05 bits per heavy atom. The lowest BCUT2D eigenvalue weighted by molar-refractivity contribution is -0.146. The Balaban J connectivity index is 1.63. The molecule has 114 valence electrons. The van der Waals surface area contributed by atoms with Gasteiger partial charge in [0.05, 0.1) is 11.6 Å². The first-order valence-electron chi connectivity index (χ1n) is 7.06. The number of carbonyl (C=O) groups excluding carboxylic acids is 2. The standard InChI is InChI=1S/C16H16N2O3S/c1-9-6-13(9)16(20)21-7-12-8-22-15(18-12)11-4-2-10(3-5-11)14(17)19/h2-5,8-9,13H,6-7H2,1H3,(H2,17,19)/t9-,13-/m1/s1. The number of aromatic nitrogens is 1. The average molecular weight is 316 g/mol. The van der Waals surface area contributed by atoms with Crippen LogP contribution in [0.5, 0.6) is 0 Å². The van der Waals surface area contributed by atoms with Crippen molar-refractivity contribution in [2.24, 2.45) is 17.6 Å². The minimum absolute atomic E-state index is 0.0689. The number of thiazole rings is 1.